The van der Waals surface area contributed by atoms with E-state index in [2.05, 4.69) is 38.2 Å². The highest BCUT2D eigenvalue weighted by Gasteiger charge is 2.44. The number of esters is 1. The van der Waals surface area contributed by atoms with E-state index in [9.17, 15) is 25.2 Å². The van der Waals surface area contributed by atoms with Crippen LogP contribution >= 0.6 is 0 Å². The summed E-state index contributed by atoms with van der Waals surface area (Å²) in [6.07, 6.45) is 58.1. The first-order valence-electron chi connectivity index (χ1n) is 30.4. The van der Waals surface area contributed by atoms with Crippen molar-refractivity contribution in [2.24, 2.45) is 0 Å². The van der Waals surface area contributed by atoms with E-state index in [1.807, 2.05) is 0 Å². The number of aliphatic hydroxyl groups is 4. The normalized spacial score (nSPS) is 19.0. The fourth-order valence-electron chi connectivity index (χ4n) is 9.64. The summed E-state index contributed by atoms with van der Waals surface area (Å²) in [7, 11) is 0. The maximum atomic E-state index is 12.9. The van der Waals surface area contributed by atoms with Crippen molar-refractivity contribution in [1.29, 1.82) is 0 Å². The van der Waals surface area contributed by atoms with E-state index in [1.165, 1.54) is 238 Å². The molecule has 1 rings (SSSR count). The summed E-state index contributed by atoms with van der Waals surface area (Å²) < 4.78 is 23.0. The van der Waals surface area contributed by atoms with Gasteiger partial charge in [0.05, 0.1) is 19.8 Å². The third-order valence-electron chi connectivity index (χ3n) is 14.4. The van der Waals surface area contributed by atoms with Crippen molar-refractivity contribution in [3.05, 3.63) is 24.3 Å². The highest BCUT2D eigenvalue weighted by Crippen LogP contribution is 2.23. The Kier molecular flexibility index (Phi) is 50.0. The summed E-state index contributed by atoms with van der Waals surface area (Å²) in [4.78, 5) is 12.9. The Balaban J connectivity index is 2.12. The number of ether oxygens (including phenoxy) is 4. The summed E-state index contributed by atoms with van der Waals surface area (Å²) in [6.45, 7) is 4.62. The highest BCUT2D eigenvalue weighted by molar-refractivity contribution is 5.69. The largest absolute Gasteiger partial charge is 0.457 e. The lowest BCUT2D eigenvalue weighted by atomic mass is 9.99. The molecule has 1 aliphatic rings. The third-order valence-corrected chi connectivity index (χ3v) is 14.4. The number of unbranched alkanes of at least 4 members (excludes halogenated alkanes) is 39. The first-order chi connectivity index (χ1) is 34.4. The van der Waals surface area contributed by atoms with Crippen molar-refractivity contribution in [3.8, 4) is 0 Å². The molecule has 0 radical (unpaired) electrons. The van der Waals surface area contributed by atoms with Crippen LogP contribution in [0.25, 0.3) is 0 Å². The molecule has 1 heterocycles. The average molecular weight is 994 g/mol. The van der Waals surface area contributed by atoms with Gasteiger partial charge in [-0.2, -0.15) is 0 Å². The van der Waals surface area contributed by atoms with Gasteiger partial charge in [-0.15, -0.1) is 0 Å². The molecule has 4 N–H and O–H groups in total. The number of rotatable bonds is 54. The van der Waals surface area contributed by atoms with E-state index in [0.29, 0.717) is 13.0 Å². The van der Waals surface area contributed by atoms with Crippen molar-refractivity contribution in [1.82, 2.24) is 0 Å². The minimum atomic E-state index is -1.54. The van der Waals surface area contributed by atoms with Gasteiger partial charge in [0.25, 0.3) is 0 Å². The monoisotopic (exact) mass is 993 g/mol. The number of carbonyl (C=O) groups is 1. The molecule has 1 aliphatic heterocycles. The Bertz CT molecular complexity index is 1130. The van der Waals surface area contributed by atoms with Gasteiger partial charge in [0.1, 0.15) is 30.5 Å². The standard InChI is InChI=1S/C61H116O9/c1-3-5-7-9-11-13-15-17-19-21-23-25-27-29-31-33-35-37-39-41-43-45-47-49-51-67-53-55(54-68-61-60(66)59(65)58(64)56(52-62)70-61)69-57(63)50-48-46-44-42-40-38-36-34-32-30-28-26-24-22-20-18-16-14-12-10-8-6-4-2/h16,18,22,24,55-56,58-62,64-66H,3-15,17,19-21,23,25-54H2,1-2H3/b18-16-,24-22-. The zero-order valence-electron chi connectivity index (χ0n) is 46.0. The van der Waals surface area contributed by atoms with Crippen LogP contribution in [0, 0.1) is 0 Å². The van der Waals surface area contributed by atoms with Crippen LogP contribution in [0.2, 0.25) is 0 Å². The van der Waals surface area contributed by atoms with Crippen LogP contribution in [0.3, 0.4) is 0 Å². The van der Waals surface area contributed by atoms with Crippen LogP contribution in [0.5, 0.6) is 0 Å². The topological polar surface area (TPSA) is 135 Å². The number of hydrogen-bond donors (Lipinski definition) is 4. The minimum absolute atomic E-state index is 0.109. The van der Waals surface area contributed by atoms with Gasteiger partial charge in [0, 0.05) is 13.0 Å². The summed E-state index contributed by atoms with van der Waals surface area (Å²) >= 11 is 0. The van der Waals surface area contributed by atoms with Crippen molar-refractivity contribution in [3.63, 3.8) is 0 Å². The van der Waals surface area contributed by atoms with Gasteiger partial charge in [-0.25, -0.2) is 0 Å². The van der Waals surface area contributed by atoms with Gasteiger partial charge in [-0.1, -0.05) is 269 Å². The molecule has 9 heteroatoms. The van der Waals surface area contributed by atoms with Crippen molar-refractivity contribution in [2.75, 3.05) is 26.4 Å². The van der Waals surface area contributed by atoms with Crippen LogP contribution in [-0.2, 0) is 23.7 Å². The van der Waals surface area contributed by atoms with E-state index in [0.717, 1.165) is 38.5 Å². The maximum absolute atomic E-state index is 12.9. The molecule has 1 fully saturated rings. The van der Waals surface area contributed by atoms with Gasteiger partial charge < -0.3 is 39.4 Å². The number of hydrogen-bond acceptors (Lipinski definition) is 9. The molecule has 6 atom stereocenters. The van der Waals surface area contributed by atoms with Crippen LogP contribution in [0.4, 0.5) is 0 Å². The molecular formula is C61H116O9. The molecule has 0 aliphatic carbocycles. The van der Waals surface area contributed by atoms with Gasteiger partial charge >= 0.3 is 5.97 Å². The van der Waals surface area contributed by atoms with Crippen LogP contribution < -0.4 is 0 Å². The zero-order chi connectivity index (χ0) is 50.6. The summed E-state index contributed by atoms with van der Waals surface area (Å²) in [5, 5.41) is 40.4. The molecule has 0 aromatic heterocycles. The molecule has 0 amide bonds. The molecule has 6 unspecified atom stereocenters. The third kappa shape index (κ3) is 42.1. The Hall–Kier alpha value is -1.33. The van der Waals surface area contributed by atoms with E-state index >= 15 is 0 Å². The van der Waals surface area contributed by atoms with Crippen LogP contribution in [0.15, 0.2) is 24.3 Å². The predicted octanol–water partition coefficient (Wildman–Crippen LogP) is 16.0. The lowest BCUT2D eigenvalue weighted by molar-refractivity contribution is -0.305. The number of allylic oxidation sites excluding steroid dienone is 4. The van der Waals surface area contributed by atoms with E-state index in [-0.39, 0.29) is 19.2 Å². The van der Waals surface area contributed by atoms with E-state index in [1.54, 1.807) is 0 Å². The van der Waals surface area contributed by atoms with Crippen molar-refractivity contribution < 1.29 is 44.2 Å². The molecule has 0 saturated carbocycles. The van der Waals surface area contributed by atoms with Gasteiger partial charge in [-0.3, -0.25) is 4.79 Å². The average Bonchev–Trinajstić information content (AvgIpc) is 3.36. The smallest absolute Gasteiger partial charge is 0.306 e. The van der Waals surface area contributed by atoms with E-state index in [4.69, 9.17) is 18.9 Å². The zero-order valence-corrected chi connectivity index (χ0v) is 46.0. The molecule has 0 bridgehead atoms. The second kappa shape index (κ2) is 52.5. The Morgan fingerprint density at radius 2 is 0.829 bits per heavy atom. The van der Waals surface area contributed by atoms with Crippen LogP contribution in [-0.4, -0.2) is 89.6 Å². The second-order valence-electron chi connectivity index (χ2n) is 21.2. The first kappa shape index (κ1) is 66.7. The van der Waals surface area contributed by atoms with E-state index < -0.39 is 43.4 Å². The maximum Gasteiger partial charge on any atom is 0.306 e. The Morgan fingerprint density at radius 1 is 0.457 bits per heavy atom. The van der Waals surface area contributed by atoms with Gasteiger partial charge in [-0.05, 0) is 44.9 Å². The Labute approximate surface area is 432 Å². The van der Waals surface area contributed by atoms with Gasteiger partial charge in [0.15, 0.2) is 6.29 Å². The Morgan fingerprint density at radius 3 is 1.23 bits per heavy atom. The molecule has 0 aromatic carbocycles. The first-order valence-corrected chi connectivity index (χ1v) is 30.4. The van der Waals surface area contributed by atoms with Gasteiger partial charge in [0.2, 0.25) is 0 Å². The number of carbonyl (C=O) groups excluding carboxylic acids is 1. The fraction of sp³-hybridized carbons (Fsp3) is 0.918. The van der Waals surface area contributed by atoms with Crippen molar-refractivity contribution >= 4 is 5.97 Å². The molecule has 9 nitrogen and oxygen atoms in total. The molecule has 1 saturated heterocycles. The van der Waals surface area contributed by atoms with Crippen molar-refractivity contribution in [2.45, 2.75) is 333 Å². The van der Waals surface area contributed by atoms with Crippen LogP contribution in [0.1, 0.15) is 296 Å². The fourth-order valence-corrected chi connectivity index (χ4v) is 9.64. The predicted molar refractivity (Wildman–Crippen MR) is 293 cm³/mol. The summed E-state index contributed by atoms with van der Waals surface area (Å²) in [5.74, 6) is -0.309. The molecule has 0 aromatic rings. The quantitative estimate of drug-likeness (QED) is 0.0267. The molecule has 70 heavy (non-hydrogen) atoms. The number of aliphatic hydroxyl groups excluding tert-OH is 4. The lowest BCUT2D eigenvalue weighted by Gasteiger charge is -2.39. The summed E-state index contributed by atoms with van der Waals surface area (Å²) in [6, 6.07) is 0. The highest BCUT2D eigenvalue weighted by atomic mass is 16.7. The minimum Gasteiger partial charge on any atom is -0.457 e. The molecule has 0 spiro atoms. The SMILES string of the molecule is CCCCCCC/C=C\C/C=C\CCCCCCCCCCCCCC(=O)OC(COCCCCCCCCCCCCCCCCCCCCCCCCCC)COC1OC(CO)C(O)C(O)C1O. The summed E-state index contributed by atoms with van der Waals surface area (Å²) in [5.41, 5.74) is 0. The lowest BCUT2D eigenvalue weighted by Crippen LogP contribution is -2.59. The second-order valence-corrected chi connectivity index (χ2v) is 21.2. The molecular weight excluding hydrogens is 877 g/mol. The molecule has 414 valence electrons.